The van der Waals surface area contributed by atoms with Crippen molar-refractivity contribution in [1.29, 1.82) is 0 Å². The van der Waals surface area contributed by atoms with Gasteiger partial charge in [0.2, 0.25) is 11.8 Å². The third kappa shape index (κ3) is 2.37. The highest BCUT2D eigenvalue weighted by molar-refractivity contribution is 6.06. The molecule has 1 unspecified atom stereocenters. The Hall–Kier alpha value is -2.69. The third-order valence-electron chi connectivity index (χ3n) is 4.73. The van der Waals surface area contributed by atoms with Gasteiger partial charge in [-0.25, -0.2) is 4.39 Å². The van der Waals surface area contributed by atoms with Crippen LogP contribution < -0.4 is 10.2 Å². The number of fused-ring (bicyclic) bond motifs is 2. The molecule has 2 amide bonds. The van der Waals surface area contributed by atoms with Crippen molar-refractivity contribution in [2.24, 2.45) is 0 Å². The lowest BCUT2D eigenvalue weighted by Gasteiger charge is -2.34. The summed E-state index contributed by atoms with van der Waals surface area (Å²) in [5.74, 6) is -1.34. The van der Waals surface area contributed by atoms with Gasteiger partial charge in [-0.15, -0.1) is 0 Å². The first-order chi connectivity index (χ1) is 11.6. The summed E-state index contributed by atoms with van der Waals surface area (Å²) in [5, 5.41) is 2.79. The average molecular weight is 324 g/mol. The number of hydrogen-bond donors (Lipinski definition) is 1. The van der Waals surface area contributed by atoms with Gasteiger partial charge < -0.3 is 10.2 Å². The molecule has 24 heavy (non-hydrogen) atoms. The summed E-state index contributed by atoms with van der Waals surface area (Å²) in [6.45, 7) is 0.479. The highest BCUT2D eigenvalue weighted by Crippen LogP contribution is 2.37. The first-order valence-electron chi connectivity index (χ1n) is 8.12. The molecule has 0 aliphatic carbocycles. The fraction of sp³-hybridized carbons (Fsp3) is 0.263. The van der Waals surface area contributed by atoms with Crippen LogP contribution in [0.4, 0.5) is 15.8 Å². The van der Waals surface area contributed by atoms with Gasteiger partial charge in [-0.05, 0) is 36.1 Å². The molecule has 4 rings (SSSR count). The van der Waals surface area contributed by atoms with E-state index in [1.165, 1.54) is 11.0 Å². The van der Waals surface area contributed by atoms with Crippen LogP contribution in [0.25, 0.3) is 0 Å². The van der Waals surface area contributed by atoms with E-state index in [2.05, 4.69) is 5.32 Å². The van der Waals surface area contributed by atoms with Crippen molar-refractivity contribution >= 4 is 23.2 Å². The van der Waals surface area contributed by atoms with Crippen molar-refractivity contribution in [2.75, 3.05) is 16.8 Å². The van der Waals surface area contributed by atoms with Crippen LogP contribution in [0.1, 0.15) is 29.9 Å². The molecule has 0 aromatic heterocycles. The average Bonchev–Trinajstić information content (AvgIpc) is 2.60. The minimum atomic E-state index is -0.569. The zero-order chi connectivity index (χ0) is 16.7. The van der Waals surface area contributed by atoms with Crippen LogP contribution in [0.2, 0.25) is 0 Å². The SMILES string of the molecule is O=C1CC(C(=O)N2CCCc3cccc(F)c32)c2ccccc2N1. The number of hydrogen-bond acceptors (Lipinski definition) is 2. The molecule has 2 aliphatic rings. The molecule has 2 aromatic rings. The summed E-state index contributed by atoms with van der Waals surface area (Å²) >= 11 is 0. The second kappa shape index (κ2) is 5.74. The molecule has 2 heterocycles. The number of rotatable bonds is 1. The quantitative estimate of drug-likeness (QED) is 0.875. The third-order valence-corrected chi connectivity index (χ3v) is 4.73. The van der Waals surface area contributed by atoms with Crippen molar-refractivity contribution in [2.45, 2.75) is 25.2 Å². The molecule has 5 heteroatoms. The van der Waals surface area contributed by atoms with Crippen LogP contribution in [0.15, 0.2) is 42.5 Å². The lowest BCUT2D eigenvalue weighted by atomic mass is 9.88. The predicted octanol–water partition coefficient (Wildman–Crippen LogP) is 3.23. The van der Waals surface area contributed by atoms with Crippen molar-refractivity contribution in [1.82, 2.24) is 0 Å². The normalized spacial score (nSPS) is 19.3. The largest absolute Gasteiger partial charge is 0.326 e. The predicted molar refractivity (Wildman–Crippen MR) is 89.5 cm³/mol. The van der Waals surface area contributed by atoms with E-state index in [0.717, 1.165) is 24.0 Å². The van der Waals surface area contributed by atoms with E-state index in [4.69, 9.17) is 0 Å². The first-order valence-corrected chi connectivity index (χ1v) is 8.12. The molecule has 0 bridgehead atoms. The van der Waals surface area contributed by atoms with E-state index in [0.29, 0.717) is 17.9 Å². The van der Waals surface area contributed by atoms with Crippen molar-refractivity contribution in [3.63, 3.8) is 0 Å². The minimum absolute atomic E-state index is 0.0934. The zero-order valence-corrected chi connectivity index (χ0v) is 13.1. The molecule has 4 nitrogen and oxygen atoms in total. The van der Waals surface area contributed by atoms with Gasteiger partial charge in [0, 0.05) is 18.7 Å². The maximum Gasteiger partial charge on any atom is 0.235 e. The Morgan fingerprint density at radius 2 is 2.00 bits per heavy atom. The zero-order valence-electron chi connectivity index (χ0n) is 13.1. The molecule has 0 spiro atoms. The van der Waals surface area contributed by atoms with Gasteiger partial charge in [0.25, 0.3) is 0 Å². The summed E-state index contributed by atoms with van der Waals surface area (Å²) in [7, 11) is 0. The van der Waals surface area contributed by atoms with Crippen molar-refractivity contribution in [3.8, 4) is 0 Å². The molecule has 1 atom stereocenters. The van der Waals surface area contributed by atoms with Crippen molar-refractivity contribution < 1.29 is 14.0 Å². The van der Waals surface area contributed by atoms with Crippen LogP contribution >= 0.6 is 0 Å². The topological polar surface area (TPSA) is 49.4 Å². The summed E-state index contributed by atoms with van der Waals surface area (Å²) in [5.41, 5.74) is 2.68. The Morgan fingerprint density at radius 1 is 1.17 bits per heavy atom. The molecule has 0 fully saturated rings. The van der Waals surface area contributed by atoms with Gasteiger partial charge in [-0.2, -0.15) is 0 Å². The maximum absolute atomic E-state index is 14.3. The first kappa shape index (κ1) is 14.9. The fourth-order valence-corrected chi connectivity index (χ4v) is 3.64. The molecule has 122 valence electrons. The number of amides is 2. The van der Waals surface area contributed by atoms with E-state index in [1.54, 1.807) is 12.1 Å². The van der Waals surface area contributed by atoms with Gasteiger partial charge in [0.15, 0.2) is 0 Å². The standard InChI is InChI=1S/C19H17FN2O2/c20-15-8-3-5-12-6-4-10-22(18(12)15)19(24)14-11-17(23)21-16-9-2-1-7-13(14)16/h1-3,5,7-9,14H,4,6,10-11H2,(H,21,23). The molecule has 0 saturated carbocycles. The van der Waals surface area contributed by atoms with E-state index in [-0.39, 0.29) is 24.1 Å². The summed E-state index contributed by atoms with van der Waals surface area (Å²) in [6, 6.07) is 12.2. The number of anilines is 2. The van der Waals surface area contributed by atoms with E-state index >= 15 is 0 Å². The van der Waals surface area contributed by atoms with E-state index in [1.807, 2.05) is 24.3 Å². The number of carbonyl (C=O) groups excluding carboxylic acids is 2. The van der Waals surface area contributed by atoms with Gasteiger partial charge in [0.1, 0.15) is 5.82 Å². The Balaban J connectivity index is 1.75. The highest BCUT2D eigenvalue weighted by atomic mass is 19.1. The lowest BCUT2D eigenvalue weighted by Crippen LogP contribution is -2.41. The van der Waals surface area contributed by atoms with E-state index < -0.39 is 5.92 Å². The number of nitrogens with one attached hydrogen (secondary N) is 1. The Kier molecular flexibility index (Phi) is 3.56. The fourth-order valence-electron chi connectivity index (χ4n) is 3.64. The van der Waals surface area contributed by atoms with Gasteiger partial charge in [0.05, 0.1) is 11.6 Å². The maximum atomic E-state index is 14.3. The van der Waals surface area contributed by atoms with Gasteiger partial charge in [-0.1, -0.05) is 30.3 Å². The Bertz CT molecular complexity index is 834. The summed E-state index contributed by atoms with van der Waals surface area (Å²) < 4.78 is 14.3. The number of benzene rings is 2. The van der Waals surface area contributed by atoms with Gasteiger partial charge in [-0.3, -0.25) is 9.59 Å². The number of aryl methyl sites for hydroxylation is 1. The second-order valence-corrected chi connectivity index (χ2v) is 6.23. The van der Waals surface area contributed by atoms with Gasteiger partial charge >= 0.3 is 0 Å². The Labute approximate surface area is 139 Å². The smallest absolute Gasteiger partial charge is 0.235 e. The number of carbonyl (C=O) groups is 2. The van der Waals surface area contributed by atoms with Crippen LogP contribution in [0.5, 0.6) is 0 Å². The summed E-state index contributed by atoms with van der Waals surface area (Å²) in [6.07, 6.45) is 1.65. The molecule has 0 saturated heterocycles. The highest BCUT2D eigenvalue weighted by Gasteiger charge is 2.36. The van der Waals surface area contributed by atoms with E-state index in [9.17, 15) is 14.0 Å². The molecule has 2 aromatic carbocycles. The molecular weight excluding hydrogens is 307 g/mol. The van der Waals surface area contributed by atoms with Crippen LogP contribution in [-0.4, -0.2) is 18.4 Å². The molecular formula is C19H17FN2O2. The van der Waals surface area contributed by atoms with Crippen LogP contribution in [0, 0.1) is 5.82 Å². The van der Waals surface area contributed by atoms with Crippen molar-refractivity contribution in [3.05, 3.63) is 59.4 Å². The molecule has 2 aliphatic heterocycles. The number of para-hydroxylation sites is 2. The molecule has 0 radical (unpaired) electrons. The lowest BCUT2D eigenvalue weighted by molar-refractivity contribution is -0.124. The van der Waals surface area contributed by atoms with Crippen LogP contribution in [-0.2, 0) is 16.0 Å². The summed E-state index contributed by atoms with van der Waals surface area (Å²) in [4.78, 5) is 26.7. The number of nitrogens with zero attached hydrogens (tertiary/aromatic N) is 1. The Morgan fingerprint density at radius 3 is 2.88 bits per heavy atom. The number of halogens is 1. The monoisotopic (exact) mass is 324 g/mol. The van der Waals surface area contributed by atoms with Crippen LogP contribution in [0.3, 0.4) is 0 Å². The minimum Gasteiger partial charge on any atom is -0.326 e. The molecule has 1 N–H and O–H groups in total. The second-order valence-electron chi connectivity index (χ2n) is 6.23.